The lowest BCUT2D eigenvalue weighted by atomic mass is 10.2. The van der Waals surface area contributed by atoms with Crippen LogP contribution < -0.4 is 10.0 Å². The van der Waals surface area contributed by atoms with Crippen molar-refractivity contribution < 1.29 is 12.8 Å². The summed E-state index contributed by atoms with van der Waals surface area (Å²) in [6.45, 7) is 0.357. The third kappa shape index (κ3) is 3.36. The van der Waals surface area contributed by atoms with Crippen LogP contribution in [0.2, 0.25) is 5.02 Å². The third-order valence-electron chi connectivity index (χ3n) is 2.78. The largest absolute Gasteiger partial charge is 0.467 e. The first-order valence-electron chi connectivity index (χ1n) is 5.91. The van der Waals surface area contributed by atoms with Gasteiger partial charge in [0, 0.05) is 0 Å². The van der Waals surface area contributed by atoms with Crippen LogP contribution in [0.4, 0.5) is 5.69 Å². The van der Waals surface area contributed by atoms with Gasteiger partial charge in [0.25, 0.3) is 0 Å². The van der Waals surface area contributed by atoms with E-state index in [1.807, 2.05) is 6.07 Å². The molecule has 0 aliphatic heterocycles. The van der Waals surface area contributed by atoms with Crippen molar-refractivity contribution in [2.75, 3.05) is 12.4 Å². The lowest BCUT2D eigenvalue weighted by Crippen LogP contribution is -2.19. The van der Waals surface area contributed by atoms with Crippen LogP contribution in [-0.4, -0.2) is 15.5 Å². The molecule has 21 heavy (non-hydrogen) atoms. The molecule has 2 aromatic rings. The summed E-state index contributed by atoms with van der Waals surface area (Å²) in [5.74, 6) is 0.682. The molecule has 0 radical (unpaired) electrons. The van der Waals surface area contributed by atoms with Gasteiger partial charge in [0.05, 0.1) is 29.1 Å². The fraction of sp³-hybridized carbons (Fsp3) is 0.154. The molecule has 0 spiro atoms. The normalized spacial score (nSPS) is 11.1. The van der Waals surface area contributed by atoms with Crippen molar-refractivity contribution in [1.82, 2.24) is 4.72 Å². The number of hydrogen-bond acceptors (Lipinski definition) is 5. The van der Waals surface area contributed by atoms with Gasteiger partial charge in [-0.1, -0.05) is 11.6 Å². The first kappa shape index (κ1) is 15.4. The maximum Gasteiger partial charge on any atom is 0.241 e. The molecule has 2 N–H and O–H groups in total. The van der Waals surface area contributed by atoms with E-state index in [2.05, 4.69) is 10.0 Å². The third-order valence-corrected chi connectivity index (χ3v) is 4.66. The van der Waals surface area contributed by atoms with Crippen LogP contribution in [0.1, 0.15) is 11.3 Å². The number of benzene rings is 1. The lowest BCUT2D eigenvalue weighted by Gasteiger charge is -2.11. The highest BCUT2D eigenvalue weighted by atomic mass is 35.5. The van der Waals surface area contributed by atoms with Gasteiger partial charge < -0.3 is 9.73 Å². The number of nitriles is 1. The first-order valence-corrected chi connectivity index (χ1v) is 7.77. The van der Waals surface area contributed by atoms with Gasteiger partial charge >= 0.3 is 0 Å². The van der Waals surface area contributed by atoms with Crippen LogP contribution in [0, 0.1) is 11.3 Å². The highest BCUT2D eigenvalue weighted by Crippen LogP contribution is 2.28. The van der Waals surface area contributed by atoms with Crippen molar-refractivity contribution in [2.24, 2.45) is 0 Å². The monoisotopic (exact) mass is 325 g/mol. The van der Waals surface area contributed by atoms with E-state index in [1.54, 1.807) is 12.1 Å². The molecule has 1 aromatic carbocycles. The number of sulfonamides is 1. The zero-order valence-corrected chi connectivity index (χ0v) is 12.6. The highest BCUT2D eigenvalue weighted by molar-refractivity contribution is 7.89. The summed E-state index contributed by atoms with van der Waals surface area (Å²) in [7, 11) is -2.44. The molecule has 1 heterocycles. The predicted molar refractivity (Wildman–Crippen MR) is 78.4 cm³/mol. The molecule has 8 heteroatoms. The summed E-state index contributed by atoms with van der Waals surface area (Å²) in [4.78, 5) is -0.133. The van der Waals surface area contributed by atoms with Gasteiger partial charge in [-0.2, -0.15) is 5.26 Å². The van der Waals surface area contributed by atoms with E-state index >= 15 is 0 Å². The van der Waals surface area contributed by atoms with Crippen LogP contribution in [-0.2, 0) is 16.6 Å². The molecule has 0 unspecified atom stereocenters. The number of nitrogens with one attached hydrogen (secondary N) is 2. The molecule has 2 rings (SSSR count). The summed E-state index contributed by atoms with van der Waals surface area (Å²) in [6.07, 6.45) is 1.54. The maximum atomic E-state index is 11.8. The van der Waals surface area contributed by atoms with Crippen LogP contribution in [0.3, 0.4) is 0 Å². The average Bonchev–Trinajstić information content (AvgIpc) is 2.98. The second-order valence-electron chi connectivity index (χ2n) is 4.08. The van der Waals surface area contributed by atoms with E-state index in [-0.39, 0.29) is 15.5 Å². The summed E-state index contributed by atoms with van der Waals surface area (Å²) in [5.41, 5.74) is 0.619. The highest BCUT2D eigenvalue weighted by Gasteiger charge is 2.19. The van der Waals surface area contributed by atoms with E-state index in [1.165, 1.54) is 25.4 Å². The summed E-state index contributed by atoms with van der Waals surface area (Å²) in [5, 5.41) is 12.2. The van der Waals surface area contributed by atoms with Crippen LogP contribution >= 0.6 is 11.6 Å². The average molecular weight is 326 g/mol. The first-order chi connectivity index (χ1) is 9.97. The van der Waals surface area contributed by atoms with E-state index in [0.29, 0.717) is 18.0 Å². The molecule has 0 saturated carbocycles. The van der Waals surface area contributed by atoms with Crippen LogP contribution in [0.15, 0.2) is 39.8 Å². The molecule has 1 aromatic heterocycles. The molecule has 0 aliphatic rings. The Morgan fingerprint density at radius 1 is 1.43 bits per heavy atom. The number of nitrogens with zero attached hydrogens (tertiary/aromatic N) is 1. The number of anilines is 1. The lowest BCUT2D eigenvalue weighted by molar-refractivity contribution is 0.518. The fourth-order valence-corrected chi connectivity index (χ4v) is 2.98. The molecule has 6 nitrogen and oxygen atoms in total. The van der Waals surface area contributed by atoms with Gasteiger partial charge in [0.2, 0.25) is 10.0 Å². The minimum Gasteiger partial charge on any atom is -0.467 e. The Kier molecular flexibility index (Phi) is 4.53. The Labute approximate surface area is 127 Å². The van der Waals surface area contributed by atoms with E-state index in [0.717, 1.165) is 0 Å². The summed E-state index contributed by atoms with van der Waals surface area (Å²) in [6, 6.07) is 8.12. The molecule has 0 bridgehead atoms. The van der Waals surface area contributed by atoms with Gasteiger partial charge in [-0.15, -0.1) is 0 Å². The van der Waals surface area contributed by atoms with E-state index < -0.39 is 10.0 Å². The fourth-order valence-electron chi connectivity index (χ4n) is 1.70. The minimum atomic E-state index is -3.72. The Bertz CT molecular complexity index is 780. The SMILES string of the molecule is CNS(=O)(=O)c1cc(C#N)c(NCc2ccco2)cc1Cl. The minimum absolute atomic E-state index is 0.0327. The predicted octanol–water partition coefficient (Wildman–Crippen LogP) is 2.32. The molecule has 0 amide bonds. The standard InChI is InChI=1S/C13H12ClN3O3S/c1-16-21(18,19)13-5-9(7-15)12(6-11(13)14)17-8-10-3-2-4-20-10/h2-6,16-17H,8H2,1H3. The van der Waals surface area contributed by atoms with Gasteiger partial charge in [0.1, 0.15) is 16.7 Å². The molecular formula is C13H12ClN3O3S. The molecule has 0 saturated heterocycles. The quantitative estimate of drug-likeness (QED) is 0.879. The Morgan fingerprint density at radius 2 is 2.19 bits per heavy atom. The van der Waals surface area contributed by atoms with E-state index in [4.69, 9.17) is 21.3 Å². The second-order valence-corrected chi connectivity index (χ2v) is 6.34. The van der Waals surface area contributed by atoms with Crippen molar-refractivity contribution in [2.45, 2.75) is 11.4 Å². The van der Waals surface area contributed by atoms with Crippen LogP contribution in [0.5, 0.6) is 0 Å². The molecule has 110 valence electrons. The van der Waals surface area contributed by atoms with Crippen molar-refractivity contribution in [1.29, 1.82) is 5.26 Å². The molecule has 0 aliphatic carbocycles. The maximum absolute atomic E-state index is 11.8. The van der Waals surface area contributed by atoms with Gasteiger partial charge in [-0.05, 0) is 31.3 Å². The number of halogens is 1. The van der Waals surface area contributed by atoms with E-state index in [9.17, 15) is 8.42 Å². The Hall–Kier alpha value is -2.01. The Morgan fingerprint density at radius 3 is 2.76 bits per heavy atom. The zero-order valence-electron chi connectivity index (χ0n) is 11.1. The summed E-state index contributed by atoms with van der Waals surface area (Å²) >= 11 is 5.99. The van der Waals surface area contributed by atoms with Gasteiger partial charge in [-0.25, -0.2) is 13.1 Å². The van der Waals surface area contributed by atoms with Crippen molar-refractivity contribution >= 4 is 27.3 Å². The molecule has 0 fully saturated rings. The summed E-state index contributed by atoms with van der Waals surface area (Å²) < 4.78 is 30.9. The smallest absolute Gasteiger partial charge is 0.241 e. The van der Waals surface area contributed by atoms with Crippen molar-refractivity contribution in [3.05, 3.63) is 46.9 Å². The molecular weight excluding hydrogens is 314 g/mol. The second kappa shape index (κ2) is 6.18. The van der Waals surface area contributed by atoms with Crippen molar-refractivity contribution in [3.8, 4) is 6.07 Å². The molecule has 0 atom stereocenters. The topological polar surface area (TPSA) is 95.1 Å². The van der Waals surface area contributed by atoms with Gasteiger partial charge in [0.15, 0.2) is 0 Å². The van der Waals surface area contributed by atoms with Gasteiger partial charge in [-0.3, -0.25) is 0 Å². The zero-order chi connectivity index (χ0) is 15.5. The number of rotatable bonds is 5. The van der Waals surface area contributed by atoms with Crippen LogP contribution in [0.25, 0.3) is 0 Å². The van der Waals surface area contributed by atoms with Crippen molar-refractivity contribution in [3.63, 3.8) is 0 Å². The Balaban J connectivity index is 2.36. The number of furan rings is 1. The number of hydrogen-bond donors (Lipinski definition) is 2.